The lowest BCUT2D eigenvalue weighted by molar-refractivity contribution is -0.0498. The van der Waals surface area contributed by atoms with E-state index >= 15 is 0 Å². The maximum Gasteiger partial charge on any atom is 0.387 e. The fraction of sp³-hybridized carbons (Fsp3) is 0.571. The second kappa shape index (κ2) is 4.75. The number of nitrogens with one attached hydrogen (secondary N) is 1. The van der Waals surface area contributed by atoms with Crippen LogP contribution in [0.25, 0.3) is 0 Å². The highest BCUT2D eigenvalue weighted by molar-refractivity contribution is 5.60. The summed E-state index contributed by atoms with van der Waals surface area (Å²) in [6.07, 6.45) is 1.04. The lowest BCUT2D eigenvalue weighted by atomic mass is 9.74. The molecule has 1 aliphatic rings. The molecular formula is C14H19F2NO. The Morgan fingerprint density at radius 2 is 2.17 bits per heavy atom. The molecule has 0 aliphatic carbocycles. The first kappa shape index (κ1) is 13.1. The van der Waals surface area contributed by atoms with Crippen LogP contribution in [0.4, 0.5) is 14.5 Å². The lowest BCUT2D eigenvalue weighted by Gasteiger charge is -2.30. The van der Waals surface area contributed by atoms with E-state index in [2.05, 4.69) is 30.8 Å². The van der Waals surface area contributed by atoms with Crippen molar-refractivity contribution in [3.8, 4) is 5.75 Å². The molecule has 0 amide bonds. The molecule has 4 heteroatoms. The van der Waals surface area contributed by atoms with E-state index in [1.807, 2.05) is 6.07 Å². The van der Waals surface area contributed by atoms with Crippen LogP contribution in [0.5, 0.6) is 5.75 Å². The molecule has 0 spiro atoms. The normalized spacial score (nSPS) is 18.7. The molecule has 1 aromatic carbocycles. The van der Waals surface area contributed by atoms with Gasteiger partial charge >= 0.3 is 6.61 Å². The fourth-order valence-corrected chi connectivity index (χ4v) is 2.43. The zero-order valence-corrected chi connectivity index (χ0v) is 11.0. The van der Waals surface area contributed by atoms with Crippen LogP contribution >= 0.6 is 0 Å². The minimum atomic E-state index is -2.77. The average Bonchev–Trinajstić information content (AvgIpc) is 2.71. The molecule has 2 rings (SSSR count). The number of hydrogen-bond acceptors (Lipinski definition) is 2. The molecule has 1 aromatic rings. The molecule has 1 heterocycles. The highest BCUT2D eigenvalue weighted by Gasteiger charge is 2.34. The van der Waals surface area contributed by atoms with Crippen molar-refractivity contribution in [2.75, 3.05) is 11.9 Å². The molecule has 100 valence electrons. The Morgan fingerprint density at radius 3 is 2.78 bits per heavy atom. The van der Waals surface area contributed by atoms with Crippen LogP contribution in [-0.2, 0) is 0 Å². The highest BCUT2D eigenvalue weighted by Crippen LogP contribution is 2.45. The molecular weight excluding hydrogens is 236 g/mol. The van der Waals surface area contributed by atoms with Gasteiger partial charge in [-0.05, 0) is 29.2 Å². The Bertz CT molecular complexity index is 432. The topological polar surface area (TPSA) is 21.3 Å². The van der Waals surface area contributed by atoms with Crippen LogP contribution in [0, 0.1) is 5.41 Å². The van der Waals surface area contributed by atoms with Crippen LogP contribution in [0.2, 0.25) is 0 Å². The summed E-state index contributed by atoms with van der Waals surface area (Å²) in [7, 11) is 0. The predicted molar refractivity (Wildman–Crippen MR) is 68.4 cm³/mol. The van der Waals surface area contributed by atoms with E-state index in [1.54, 1.807) is 12.1 Å². The van der Waals surface area contributed by atoms with Gasteiger partial charge in [0.2, 0.25) is 0 Å². The third-order valence-electron chi connectivity index (χ3n) is 3.97. The van der Waals surface area contributed by atoms with E-state index in [-0.39, 0.29) is 11.2 Å². The molecule has 18 heavy (non-hydrogen) atoms. The Morgan fingerprint density at radius 1 is 1.44 bits per heavy atom. The van der Waals surface area contributed by atoms with Crippen molar-refractivity contribution in [2.45, 2.75) is 39.7 Å². The Hall–Kier alpha value is -1.32. The van der Waals surface area contributed by atoms with E-state index < -0.39 is 6.61 Å². The number of benzene rings is 1. The average molecular weight is 255 g/mol. The van der Waals surface area contributed by atoms with Gasteiger partial charge in [-0.25, -0.2) is 0 Å². The van der Waals surface area contributed by atoms with Gasteiger partial charge < -0.3 is 10.1 Å². The van der Waals surface area contributed by atoms with Gasteiger partial charge in [0.25, 0.3) is 0 Å². The summed E-state index contributed by atoms with van der Waals surface area (Å²) in [4.78, 5) is 0. The number of anilines is 1. The minimum absolute atomic E-state index is 0.141. The molecule has 1 atom stereocenters. The fourth-order valence-electron chi connectivity index (χ4n) is 2.43. The van der Waals surface area contributed by atoms with E-state index in [9.17, 15) is 8.78 Å². The van der Waals surface area contributed by atoms with Crippen molar-refractivity contribution in [1.29, 1.82) is 0 Å². The number of fused-ring (bicyclic) bond motifs is 1. The summed E-state index contributed by atoms with van der Waals surface area (Å²) < 4.78 is 28.9. The molecule has 0 radical (unpaired) electrons. The van der Waals surface area contributed by atoms with Gasteiger partial charge in [-0.3, -0.25) is 0 Å². The van der Waals surface area contributed by atoms with E-state index in [0.717, 1.165) is 24.2 Å². The largest absolute Gasteiger partial charge is 0.435 e. The predicted octanol–water partition coefficient (Wildman–Crippen LogP) is 4.23. The monoisotopic (exact) mass is 255 g/mol. The lowest BCUT2D eigenvalue weighted by Crippen LogP contribution is -2.22. The van der Waals surface area contributed by atoms with Crippen molar-refractivity contribution >= 4 is 5.69 Å². The van der Waals surface area contributed by atoms with Crippen molar-refractivity contribution in [3.63, 3.8) is 0 Å². The second-order valence-corrected chi connectivity index (χ2v) is 5.40. The first-order valence-corrected chi connectivity index (χ1v) is 6.26. The van der Waals surface area contributed by atoms with Crippen LogP contribution in [-0.4, -0.2) is 13.2 Å². The number of alkyl halides is 2. The standard InChI is InChI=1S/C14H19F2NO/c1-4-14(2,3)11-8-17-12-6-5-9(7-10(11)12)18-13(15)16/h5-7,11,13,17H,4,8H2,1-3H3. The molecule has 2 nitrogen and oxygen atoms in total. The summed E-state index contributed by atoms with van der Waals surface area (Å²) in [5.74, 6) is 0.572. The minimum Gasteiger partial charge on any atom is -0.435 e. The van der Waals surface area contributed by atoms with E-state index in [4.69, 9.17) is 0 Å². The molecule has 0 saturated heterocycles. The first-order valence-electron chi connectivity index (χ1n) is 6.26. The van der Waals surface area contributed by atoms with Gasteiger partial charge in [-0.2, -0.15) is 8.78 Å². The van der Waals surface area contributed by atoms with Crippen LogP contribution in [0.1, 0.15) is 38.7 Å². The van der Waals surface area contributed by atoms with Crippen LogP contribution in [0.15, 0.2) is 18.2 Å². The summed E-state index contributed by atoms with van der Waals surface area (Å²) in [5.41, 5.74) is 2.25. The highest BCUT2D eigenvalue weighted by atomic mass is 19.3. The van der Waals surface area contributed by atoms with Gasteiger partial charge in [0.05, 0.1) is 0 Å². The van der Waals surface area contributed by atoms with Crippen LogP contribution in [0.3, 0.4) is 0 Å². The van der Waals surface area contributed by atoms with Crippen LogP contribution < -0.4 is 10.1 Å². The van der Waals surface area contributed by atoms with Gasteiger partial charge in [-0.15, -0.1) is 0 Å². The van der Waals surface area contributed by atoms with Crippen molar-refractivity contribution in [3.05, 3.63) is 23.8 Å². The zero-order chi connectivity index (χ0) is 13.3. The molecule has 0 bridgehead atoms. The van der Waals surface area contributed by atoms with Crippen molar-refractivity contribution in [2.24, 2.45) is 5.41 Å². The zero-order valence-electron chi connectivity index (χ0n) is 11.0. The molecule has 0 aromatic heterocycles. The summed E-state index contributed by atoms with van der Waals surface area (Å²) in [6, 6.07) is 5.14. The summed E-state index contributed by atoms with van der Waals surface area (Å²) in [6.45, 7) is 4.64. The van der Waals surface area contributed by atoms with Gasteiger partial charge in [0.15, 0.2) is 0 Å². The molecule has 1 aliphatic heterocycles. The maximum absolute atomic E-state index is 12.2. The Labute approximate surface area is 106 Å². The Kier molecular flexibility index (Phi) is 3.46. The maximum atomic E-state index is 12.2. The Balaban J connectivity index is 2.30. The third-order valence-corrected chi connectivity index (χ3v) is 3.97. The molecule has 1 N–H and O–H groups in total. The summed E-state index contributed by atoms with van der Waals surface area (Å²) >= 11 is 0. The molecule has 0 fully saturated rings. The SMILES string of the molecule is CCC(C)(C)C1CNc2ccc(OC(F)F)cc21. The smallest absolute Gasteiger partial charge is 0.387 e. The quantitative estimate of drug-likeness (QED) is 0.869. The second-order valence-electron chi connectivity index (χ2n) is 5.40. The first-order chi connectivity index (χ1) is 8.44. The number of halogens is 2. The van der Waals surface area contributed by atoms with E-state index in [0.29, 0.717) is 5.92 Å². The van der Waals surface area contributed by atoms with Crippen molar-refractivity contribution in [1.82, 2.24) is 0 Å². The number of hydrogen-bond donors (Lipinski definition) is 1. The van der Waals surface area contributed by atoms with Gasteiger partial charge in [0, 0.05) is 18.2 Å². The van der Waals surface area contributed by atoms with Crippen molar-refractivity contribution < 1.29 is 13.5 Å². The molecule has 1 unspecified atom stereocenters. The third kappa shape index (κ3) is 2.42. The summed E-state index contributed by atoms with van der Waals surface area (Å²) in [5, 5.41) is 3.33. The number of ether oxygens (including phenoxy) is 1. The molecule has 0 saturated carbocycles. The van der Waals surface area contributed by atoms with Gasteiger partial charge in [0.1, 0.15) is 5.75 Å². The number of rotatable bonds is 4. The van der Waals surface area contributed by atoms with Gasteiger partial charge in [-0.1, -0.05) is 27.2 Å². The van der Waals surface area contributed by atoms with E-state index in [1.165, 1.54) is 0 Å².